The molecule has 270 valence electrons. The van der Waals surface area contributed by atoms with Crippen molar-refractivity contribution in [2.45, 2.75) is 193 Å². The summed E-state index contributed by atoms with van der Waals surface area (Å²) >= 11 is 0. The molecule has 46 heavy (non-hydrogen) atoms. The number of carbonyl (C=O) groups is 1. The van der Waals surface area contributed by atoms with Gasteiger partial charge in [0, 0.05) is 0 Å². The van der Waals surface area contributed by atoms with E-state index in [0.29, 0.717) is 6.42 Å². The maximum atomic E-state index is 12.5. The molecule has 0 bridgehead atoms. The van der Waals surface area contributed by atoms with Crippen LogP contribution in [0.15, 0.2) is 36.5 Å². The lowest BCUT2D eigenvalue weighted by Gasteiger charge is -2.22. The summed E-state index contributed by atoms with van der Waals surface area (Å²) in [6, 6.07) is -1.23. The number of hydrogen-bond acceptors (Lipinski definition) is 5. The molecule has 4 N–H and O–H groups in total. The van der Waals surface area contributed by atoms with E-state index in [1.807, 2.05) is 0 Å². The molecule has 0 aromatic carbocycles. The van der Waals surface area contributed by atoms with E-state index in [1.165, 1.54) is 109 Å². The Morgan fingerprint density at radius 3 is 1.48 bits per heavy atom. The van der Waals surface area contributed by atoms with Gasteiger partial charge in [0.05, 0.1) is 17.9 Å². The van der Waals surface area contributed by atoms with Crippen molar-refractivity contribution in [2.24, 2.45) is 0 Å². The maximum Gasteiger partial charge on any atom is 0.267 e. The van der Waals surface area contributed by atoms with E-state index in [4.69, 9.17) is 0 Å². The highest BCUT2D eigenvalue weighted by atomic mass is 32.2. The highest BCUT2D eigenvalue weighted by molar-refractivity contribution is 7.85. The SMILES string of the molecule is CCCCC/C=C\C=C/CCCCCCCCCCCC(O)C(=O)NC(CS(=O)(=O)O)C(O)/C=C/CCCCCCCCCCC. The van der Waals surface area contributed by atoms with Crippen LogP contribution in [0.4, 0.5) is 0 Å². The van der Waals surface area contributed by atoms with Crippen molar-refractivity contribution in [1.29, 1.82) is 0 Å². The zero-order chi connectivity index (χ0) is 34.1. The number of nitrogens with one attached hydrogen (secondary N) is 1. The van der Waals surface area contributed by atoms with Gasteiger partial charge in [-0.15, -0.1) is 0 Å². The highest BCUT2D eigenvalue weighted by Gasteiger charge is 2.27. The van der Waals surface area contributed by atoms with Crippen LogP contribution in [0.25, 0.3) is 0 Å². The van der Waals surface area contributed by atoms with E-state index in [-0.39, 0.29) is 6.42 Å². The van der Waals surface area contributed by atoms with Crippen LogP contribution in [-0.4, -0.2) is 53.1 Å². The minimum absolute atomic E-state index is 0.274. The Bertz CT molecular complexity index is 886. The lowest BCUT2D eigenvalue weighted by atomic mass is 10.0. The maximum absolute atomic E-state index is 12.5. The van der Waals surface area contributed by atoms with Gasteiger partial charge >= 0.3 is 0 Å². The normalized spacial score (nSPS) is 14.5. The minimum Gasteiger partial charge on any atom is -0.387 e. The van der Waals surface area contributed by atoms with Crippen molar-refractivity contribution >= 4 is 16.0 Å². The molecule has 0 rings (SSSR count). The standard InChI is InChI=1S/C38H71NO6S/c1-3-5-7-9-11-13-15-16-17-18-19-20-21-23-25-27-29-31-33-37(41)38(42)39-35(34-46(43,44)45)36(40)32-30-28-26-24-22-14-12-10-8-6-4-2/h11,13,15-16,30,32,35-37,40-41H,3-10,12,14,17-29,31,33-34H2,1-2H3,(H,39,42)(H,43,44,45)/b13-11-,16-15-,32-30+. The van der Waals surface area contributed by atoms with E-state index in [1.54, 1.807) is 6.08 Å². The number of carbonyl (C=O) groups excluding carboxylic acids is 1. The highest BCUT2D eigenvalue weighted by Crippen LogP contribution is 2.14. The molecule has 3 atom stereocenters. The van der Waals surface area contributed by atoms with Gasteiger partial charge in [0.2, 0.25) is 5.91 Å². The fourth-order valence-electron chi connectivity index (χ4n) is 5.50. The molecular formula is C38H71NO6S. The van der Waals surface area contributed by atoms with Crippen LogP contribution >= 0.6 is 0 Å². The van der Waals surface area contributed by atoms with Gasteiger partial charge in [-0.2, -0.15) is 8.42 Å². The topological polar surface area (TPSA) is 124 Å². The molecule has 0 heterocycles. The first-order valence-electron chi connectivity index (χ1n) is 18.8. The summed E-state index contributed by atoms with van der Waals surface area (Å²) in [5, 5.41) is 23.3. The number of aliphatic hydroxyl groups excluding tert-OH is 2. The van der Waals surface area contributed by atoms with Crippen molar-refractivity contribution in [2.75, 3.05) is 5.75 Å². The summed E-state index contributed by atoms with van der Waals surface area (Å²) in [4.78, 5) is 12.5. The number of unbranched alkanes of at least 4 members (excludes halogenated alkanes) is 21. The fraction of sp³-hybridized carbons (Fsp3) is 0.816. The van der Waals surface area contributed by atoms with Gasteiger partial charge in [0.25, 0.3) is 10.1 Å². The molecule has 3 unspecified atom stereocenters. The molecule has 0 aliphatic rings. The van der Waals surface area contributed by atoms with Crippen molar-refractivity contribution in [3.8, 4) is 0 Å². The monoisotopic (exact) mass is 670 g/mol. The molecule has 8 heteroatoms. The van der Waals surface area contributed by atoms with Gasteiger partial charge in [0.15, 0.2) is 0 Å². The van der Waals surface area contributed by atoms with Gasteiger partial charge in [0.1, 0.15) is 6.10 Å². The molecule has 0 radical (unpaired) electrons. The third-order valence-corrected chi connectivity index (χ3v) is 9.23. The van der Waals surface area contributed by atoms with Gasteiger partial charge in [-0.05, 0) is 44.9 Å². The Hall–Kier alpha value is -1.48. The summed E-state index contributed by atoms with van der Waals surface area (Å²) in [7, 11) is -4.44. The van der Waals surface area contributed by atoms with Crippen LogP contribution < -0.4 is 5.32 Å². The second-order valence-corrected chi connectivity index (χ2v) is 14.5. The summed E-state index contributed by atoms with van der Waals surface area (Å²) in [5.41, 5.74) is 0. The number of aliphatic hydroxyl groups is 2. The quantitative estimate of drug-likeness (QED) is 0.0239. The molecular weight excluding hydrogens is 598 g/mol. The largest absolute Gasteiger partial charge is 0.387 e. The van der Waals surface area contributed by atoms with Gasteiger partial charge in [-0.25, -0.2) is 0 Å². The smallest absolute Gasteiger partial charge is 0.267 e. The number of amides is 1. The summed E-state index contributed by atoms with van der Waals surface area (Å²) in [5.74, 6) is -1.54. The zero-order valence-electron chi connectivity index (χ0n) is 29.6. The second-order valence-electron chi connectivity index (χ2n) is 13.0. The predicted molar refractivity (Wildman–Crippen MR) is 195 cm³/mol. The van der Waals surface area contributed by atoms with Crippen molar-refractivity contribution < 1.29 is 28.0 Å². The van der Waals surface area contributed by atoms with E-state index in [9.17, 15) is 28.0 Å². The van der Waals surface area contributed by atoms with Gasteiger partial charge in [-0.1, -0.05) is 166 Å². The first-order valence-corrected chi connectivity index (χ1v) is 20.4. The van der Waals surface area contributed by atoms with Crippen LogP contribution in [0.2, 0.25) is 0 Å². The number of hydrogen-bond donors (Lipinski definition) is 4. The third-order valence-electron chi connectivity index (χ3n) is 8.45. The zero-order valence-corrected chi connectivity index (χ0v) is 30.4. The average Bonchev–Trinajstić information content (AvgIpc) is 3.01. The Balaban J connectivity index is 4.07. The van der Waals surface area contributed by atoms with E-state index in [2.05, 4.69) is 43.5 Å². The van der Waals surface area contributed by atoms with E-state index >= 15 is 0 Å². The fourth-order valence-corrected chi connectivity index (χ4v) is 6.24. The molecule has 1 amide bonds. The lowest BCUT2D eigenvalue weighted by molar-refractivity contribution is -0.130. The van der Waals surface area contributed by atoms with Crippen LogP contribution in [-0.2, 0) is 14.9 Å². The minimum atomic E-state index is -4.44. The molecule has 0 saturated heterocycles. The van der Waals surface area contributed by atoms with Gasteiger partial charge in [-0.3, -0.25) is 9.35 Å². The Morgan fingerprint density at radius 2 is 1.00 bits per heavy atom. The molecule has 0 aliphatic carbocycles. The Morgan fingerprint density at radius 1 is 0.609 bits per heavy atom. The van der Waals surface area contributed by atoms with E-state index < -0.39 is 40.0 Å². The molecule has 0 spiro atoms. The first-order chi connectivity index (χ1) is 22.2. The van der Waals surface area contributed by atoms with Crippen molar-refractivity contribution in [3.05, 3.63) is 36.5 Å². The van der Waals surface area contributed by atoms with Crippen molar-refractivity contribution in [1.82, 2.24) is 5.32 Å². The Labute approximate surface area is 283 Å². The number of allylic oxidation sites excluding steroid dienone is 5. The predicted octanol–water partition coefficient (Wildman–Crippen LogP) is 9.54. The molecule has 0 saturated carbocycles. The molecule has 0 fully saturated rings. The molecule has 0 aromatic heterocycles. The number of rotatable bonds is 33. The average molecular weight is 670 g/mol. The molecule has 0 aliphatic heterocycles. The lowest BCUT2D eigenvalue weighted by Crippen LogP contribution is -2.50. The summed E-state index contributed by atoms with van der Waals surface area (Å²) < 4.78 is 32.4. The summed E-state index contributed by atoms with van der Waals surface area (Å²) in [6.45, 7) is 4.44. The van der Waals surface area contributed by atoms with Crippen LogP contribution in [0.3, 0.4) is 0 Å². The molecule has 0 aromatic rings. The first kappa shape index (κ1) is 44.5. The second kappa shape index (κ2) is 32.1. The van der Waals surface area contributed by atoms with Crippen LogP contribution in [0.5, 0.6) is 0 Å². The summed E-state index contributed by atoms with van der Waals surface area (Å²) in [6.07, 6.45) is 37.7. The molecule has 7 nitrogen and oxygen atoms in total. The van der Waals surface area contributed by atoms with E-state index in [0.717, 1.165) is 44.9 Å². The van der Waals surface area contributed by atoms with Gasteiger partial charge < -0.3 is 15.5 Å². The Kier molecular flexibility index (Phi) is 31.1. The third kappa shape index (κ3) is 31.1. The van der Waals surface area contributed by atoms with Crippen LogP contribution in [0, 0.1) is 0 Å². The van der Waals surface area contributed by atoms with Crippen LogP contribution in [0.1, 0.15) is 174 Å². The van der Waals surface area contributed by atoms with Crippen molar-refractivity contribution in [3.63, 3.8) is 0 Å².